The minimum atomic E-state index is -0.593. The Morgan fingerprint density at radius 2 is 2.21 bits per heavy atom. The predicted molar refractivity (Wildman–Crippen MR) is 89.9 cm³/mol. The van der Waals surface area contributed by atoms with Crippen molar-refractivity contribution in [2.24, 2.45) is 7.05 Å². The number of aromatic nitrogens is 3. The molecule has 0 radical (unpaired) electrons. The standard InChI is InChI=1S/C17H17N5O2/c1-4-14-20-12-7-11(5-6-13(12)21(14)2)22-9-10(8-18)15(19)16(22)17(23)24-3/h5-7,9H,4,19H2,1-3H3. The molecule has 0 saturated heterocycles. The molecule has 0 saturated carbocycles. The van der Waals surface area contributed by atoms with Gasteiger partial charge in [-0.05, 0) is 18.2 Å². The lowest BCUT2D eigenvalue weighted by molar-refractivity contribution is 0.0593. The average Bonchev–Trinajstić information content (AvgIpc) is 3.10. The lowest BCUT2D eigenvalue weighted by Crippen LogP contribution is -2.11. The van der Waals surface area contributed by atoms with Crippen molar-refractivity contribution in [3.63, 3.8) is 0 Å². The van der Waals surface area contributed by atoms with Gasteiger partial charge in [0, 0.05) is 25.4 Å². The maximum absolute atomic E-state index is 12.1. The van der Waals surface area contributed by atoms with Gasteiger partial charge in [0.05, 0.1) is 29.4 Å². The fourth-order valence-corrected chi connectivity index (χ4v) is 2.82. The quantitative estimate of drug-likeness (QED) is 0.745. The van der Waals surface area contributed by atoms with Gasteiger partial charge in [-0.15, -0.1) is 0 Å². The third-order valence-corrected chi connectivity index (χ3v) is 4.10. The molecule has 2 aromatic heterocycles. The van der Waals surface area contributed by atoms with Gasteiger partial charge in [-0.1, -0.05) is 6.92 Å². The van der Waals surface area contributed by atoms with E-state index in [1.54, 1.807) is 4.57 Å². The third kappa shape index (κ3) is 2.20. The Bertz CT molecular complexity index is 991. The molecule has 7 nitrogen and oxygen atoms in total. The van der Waals surface area contributed by atoms with Gasteiger partial charge in [-0.25, -0.2) is 9.78 Å². The number of hydrogen-bond acceptors (Lipinski definition) is 5. The molecule has 2 N–H and O–H groups in total. The highest BCUT2D eigenvalue weighted by Crippen LogP contribution is 2.26. The zero-order chi connectivity index (χ0) is 17.4. The van der Waals surface area contributed by atoms with E-state index in [1.807, 2.05) is 42.8 Å². The van der Waals surface area contributed by atoms with E-state index < -0.39 is 5.97 Å². The van der Waals surface area contributed by atoms with Crippen LogP contribution in [0.15, 0.2) is 24.4 Å². The van der Waals surface area contributed by atoms with Crippen LogP contribution in [0.25, 0.3) is 16.7 Å². The molecule has 0 aliphatic rings. The SMILES string of the molecule is CCc1nc2cc(-n3cc(C#N)c(N)c3C(=O)OC)ccc2n1C. The Hall–Kier alpha value is -3.27. The molecule has 3 rings (SSSR count). The van der Waals surface area contributed by atoms with Crippen molar-refractivity contribution < 1.29 is 9.53 Å². The van der Waals surface area contributed by atoms with Crippen molar-refractivity contribution >= 4 is 22.7 Å². The van der Waals surface area contributed by atoms with Crippen LogP contribution < -0.4 is 5.73 Å². The predicted octanol–water partition coefficient (Wildman–Crippen LogP) is 2.17. The highest BCUT2D eigenvalue weighted by atomic mass is 16.5. The van der Waals surface area contributed by atoms with Crippen molar-refractivity contribution in [3.05, 3.63) is 41.5 Å². The number of esters is 1. The molecular formula is C17H17N5O2. The zero-order valence-electron chi connectivity index (χ0n) is 13.7. The van der Waals surface area contributed by atoms with Crippen LogP contribution in [-0.4, -0.2) is 27.2 Å². The van der Waals surface area contributed by atoms with E-state index in [0.29, 0.717) is 5.69 Å². The van der Waals surface area contributed by atoms with Crippen LogP contribution in [0.5, 0.6) is 0 Å². The number of imidazole rings is 1. The lowest BCUT2D eigenvalue weighted by atomic mass is 10.2. The molecule has 7 heteroatoms. The number of anilines is 1. The number of rotatable bonds is 3. The molecule has 0 aliphatic carbocycles. The van der Waals surface area contributed by atoms with Gasteiger partial charge in [-0.2, -0.15) is 5.26 Å². The summed E-state index contributed by atoms with van der Waals surface area (Å²) in [5.41, 5.74) is 8.91. The maximum atomic E-state index is 12.1. The second-order valence-corrected chi connectivity index (χ2v) is 5.39. The van der Waals surface area contributed by atoms with E-state index in [2.05, 4.69) is 4.98 Å². The Kier molecular flexibility index (Phi) is 3.73. The average molecular weight is 323 g/mol. The summed E-state index contributed by atoms with van der Waals surface area (Å²) in [4.78, 5) is 16.7. The fourth-order valence-electron chi connectivity index (χ4n) is 2.82. The van der Waals surface area contributed by atoms with Gasteiger partial charge in [0.2, 0.25) is 0 Å². The summed E-state index contributed by atoms with van der Waals surface area (Å²) >= 11 is 0. The molecule has 0 fully saturated rings. The van der Waals surface area contributed by atoms with E-state index in [9.17, 15) is 10.1 Å². The summed E-state index contributed by atoms with van der Waals surface area (Å²) in [5, 5.41) is 9.19. The van der Waals surface area contributed by atoms with Crippen LogP contribution in [0.4, 0.5) is 5.69 Å². The number of nitriles is 1. The Morgan fingerprint density at radius 1 is 1.46 bits per heavy atom. The smallest absolute Gasteiger partial charge is 0.357 e. The van der Waals surface area contributed by atoms with Crippen molar-refractivity contribution in [2.75, 3.05) is 12.8 Å². The third-order valence-electron chi connectivity index (χ3n) is 4.10. The van der Waals surface area contributed by atoms with Crippen LogP contribution in [0, 0.1) is 11.3 Å². The summed E-state index contributed by atoms with van der Waals surface area (Å²) in [6, 6.07) is 7.64. The van der Waals surface area contributed by atoms with Crippen molar-refractivity contribution in [1.29, 1.82) is 5.26 Å². The van der Waals surface area contributed by atoms with E-state index in [0.717, 1.165) is 23.3 Å². The van der Waals surface area contributed by atoms with Crippen molar-refractivity contribution in [1.82, 2.24) is 14.1 Å². The van der Waals surface area contributed by atoms with E-state index in [-0.39, 0.29) is 16.9 Å². The number of nitrogens with zero attached hydrogens (tertiary/aromatic N) is 4. The summed E-state index contributed by atoms with van der Waals surface area (Å²) in [6.07, 6.45) is 2.36. The second kappa shape index (κ2) is 5.74. The van der Waals surface area contributed by atoms with Gasteiger partial charge < -0.3 is 19.6 Å². The highest BCUT2D eigenvalue weighted by molar-refractivity contribution is 5.96. The first-order valence-corrected chi connectivity index (χ1v) is 7.46. The number of fused-ring (bicyclic) bond motifs is 1. The number of nitrogen functional groups attached to an aromatic ring is 1. The molecule has 0 amide bonds. The zero-order valence-corrected chi connectivity index (χ0v) is 13.7. The van der Waals surface area contributed by atoms with Gasteiger partial charge in [0.15, 0.2) is 5.69 Å². The molecule has 0 spiro atoms. The van der Waals surface area contributed by atoms with E-state index in [1.165, 1.54) is 13.3 Å². The Balaban J connectivity index is 2.24. The van der Waals surface area contributed by atoms with Crippen molar-refractivity contribution in [2.45, 2.75) is 13.3 Å². The number of nitrogens with two attached hydrogens (primary N) is 1. The van der Waals surface area contributed by atoms with Gasteiger partial charge in [0.25, 0.3) is 0 Å². The molecule has 1 aromatic carbocycles. The first kappa shape index (κ1) is 15.6. The number of aryl methyl sites for hydroxylation is 2. The summed E-state index contributed by atoms with van der Waals surface area (Å²) in [6.45, 7) is 2.04. The summed E-state index contributed by atoms with van der Waals surface area (Å²) in [5.74, 6) is 0.379. The monoisotopic (exact) mass is 323 g/mol. The fraction of sp³-hybridized carbons (Fsp3) is 0.235. The molecular weight excluding hydrogens is 306 g/mol. The number of benzene rings is 1. The second-order valence-electron chi connectivity index (χ2n) is 5.39. The van der Waals surface area contributed by atoms with Crippen LogP contribution in [0.2, 0.25) is 0 Å². The molecule has 0 atom stereocenters. The topological polar surface area (TPSA) is 98.9 Å². The number of methoxy groups -OCH3 is 1. The Labute approximate surface area is 138 Å². The summed E-state index contributed by atoms with van der Waals surface area (Å²) in [7, 11) is 3.25. The normalized spacial score (nSPS) is 10.8. The van der Waals surface area contributed by atoms with Crippen LogP contribution >= 0.6 is 0 Å². The molecule has 2 heterocycles. The lowest BCUT2D eigenvalue weighted by Gasteiger charge is -2.08. The Morgan fingerprint density at radius 3 is 2.83 bits per heavy atom. The van der Waals surface area contributed by atoms with Gasteiger partial charge in [-0.3, -0.25) is 0 Å². The summed E-state index contributed by atoms with van der Waals surface area (Å²) < 4.78 is 8.40. The number of carbonyl (C=O) groups is 1. The number of carbonyl (C=O) groups excluding carboxylic acids is 1. The molecule has 0 aliphatic heterocycles. The largest absolute Gasteiger partial charge is 0.464 e. The first-order chi connectivity index (χ1) is 11.5. The number of hydrogen-bond donors (Lipinski definition) is 1. The number of ether oxygens (including phenoxy) is 1. The van der Waals surface area contributed by atoms with Gasteiger partial charge >= 0.3 is 5.97 Å². The van der Waals surface area contributed by atoms with E-state index in [4.69, 9.17) is 10.5 Å². The van der Waals surface area contributed by atoms with Gasteiger partial charge in [0.1, 0.15) is 11.9 Å². The molecule has 0 unspecified atom stereocenters. The van der Waals surface area contributed by atoms with Crippen LogP contribution in [0.1, 0.15) is 28.8 Å². The van der Waals surface area contributed by atoms with Crippen LogP contribution in [-0.2, 0) is 18.2 Å². The van der Waals surface area contributed by atoms with Crippen molar-refractivity contribution in [3.8, 4) is 11.8 Å². The molecule has 122 valence electrons. The minimum absolute atomic E-state index is 0.111. The highest BCUT2D eigenvalue weighted by Gasteiger charge is 2.22. The maximum Gasteiger partial charge on any atom is 0.357 e. The van der Waals surface area contributed by atoms with Crippen LogP contribution in [0.3, 0.4) is 0 Å². The molecule has 0 bridgehead atoms. The first-order valence-electron chi connectivity index (χ1n) is 7.46. The minimum Gasteiger partial charge on any atom is -0.464 e. The van der Waals surface area contributed by atoms with E-state index >= 15 is 0 Å². The molecule has 3 aromatic rings. The molecule has 24 heavy (non-hydrogen) atoms.